The molecule has 34 heavy (non-hydrogen) atoms. The maximum absolute atomic E-state index is 13.5. The zero-order valence-corrected chi connectivity index (χ0v) is 20.9. The third-order valence-electron chi connectivity index (χ3n) is 5.61. The molecule has 10 heteroatoms. The van der Waals surface area contributed by atoms with Crippen LogP contribution in [-0.2, 0) is 11.2 Å². The number of carbonyl (C=O) groups excluding carboxylic acids is 2. The number of imide groups is 1. The van der Waals surface area contributed by atoms with Crippen molar-refractivity contribution in [3.63, 3.8) is 0 Å². The van der Waals surface area contributed by atoms with E-state index < -0.39 is 18.1 Å². The van der Waals surface area contributed by atoms with Crippen LogP contribution in [0.5, 0.6) is 5.75 Å². The van der Waals surface area contributed by atoms with E-state index in [1.54, 1.807) is 35.6 Å². The van der Waals surface area contributed by atoms with Crippen molar-refractivity contribution < 1.29 is 19.4 Å². The summed E-state index contributed by atoms with van der Waals surface area (Å²) in [6.45, 7) is 0.105. The number of aromatic amines is 1. The number of aliphatic hydroxyl groups is 1. The SMILES string of the molecule is O=C1N[C@H](c2ccc(OCCO)cc2)C(=O)N1[C@@H](Cc1cccs1)c1nc2ccc(I)cc2[nH]1. The van der Waals surface area contributed by atoms with Gasteiger partial charge in [0.05, 0.1) is 17.6 Å². The normalized spacial score (nSPS) is 16.8. The quantitative estimate of drug-likeness (QED) is 0.212. The van der Waals surface area contributed by atoms with E-state index in [1.807, 2.05) is 35.7 Å². The summed E-state index contributed by atoms with van der Waals surface area (Å²) >= 11 is 3.82. The van der Waals surface area contributed by atoms with Crippen molar-refractivity contribution >= 4 is 56.9 Å². The third kappa shape index (κ3) is 4.52. The van der Waals surface area contributed by atoms with E-state index >= 15 is 0 Å². The summed E-state index contributed by atoms with van der Waals surface area (Å²) in [5.74, 6) is 0.826. The Kier molecular flexibility index (Phi) is 6.53. The number of aliphatic hydroxyl groups excluding tert-OH is 1. The van der Waals surface area contributed by atoms with E-state index in [4.69, 9.17) is 14.8 Å². The lowest BCUT2D eigenvalue weighted by Crippen LogP contribution is -2.36. The van der Waals surface area contributed by atoms with Gasteiger partial charge in [-0.05, 0) is 69.9 Å². The number of imidazole rings is 1. The summed E-state index contributed by atoms with van der Waals surface area (Å²) in [4.78, 5) is 37.0. The van der Waals surface area contributed by atoms with Crippen molar-refractivity contribution in [3.05, 3.63) is 79.8 Å². The molecule has 2 atom stereocenters. The molecule has 174 valence electrons. The first-order chi connectivity index (χ1) is 16.5. The topological polar surface area (TPSA) is 108 Å². The van der Waals surface area contributed by atoms with Gasteiger partial charge in [0.1, 0.15) is 30.3 Å². The minimum Gasteiger partial charge on any atom is -0.491 e. The van der Waals surface area contributed by atoms with Crippen molar-refractivity contribution in [1.82, 2.24) is 20.2 Å². The summed E-state index contributed by atoms with van der Waals surface area (Å²) in [5.41, 5.74) is 2.31. The number of thiophene rings is 1. The van der Waals surface area contributed by atoms with Crippen LogP contribution in [-0.4, -0.2) is 45.1 Å². The number of nitrogens with zero attached hydrogens (tertiary/aromatic N) is 2. The van der Waals surface area contributed by atoms with Crippen LogP contribution in [0.2, 0.25) is 0 Å². The molecular formula is C24H21IN4O4S. The highest BCUT2D eigenvalue weighted by Crippen LogP contribution is 2.33. The van der Waals surface area contributed by atoms with E-state index in [1.165, 1.54) is 4.90 Å². The largest absolute Gasteiger partial charge is 0.491 e. The number of aromatic nitrogens is 2. The van der Waals surface area contributed by atoms with E-state index in [9.17, 15) is 9.59 Å². The standard InChI is InChI=1S/C24H21IN4O4S/c25-15-5-8-18-19(12-15)27-22(26-18)20(13-17-2-1-11-34-17)29-23(31)21(28-24(29)32)14-3-6-16(7-4-14)33-10-9-30/h1-8,11-12,20-21,30H,9-10,13H2,(H,26,27)(H,28,32)/t20-,21+/m0/s1. The lowest BCUT2D eigenvalue weighted by atomic mass is 10.1. The molecule has 0 spiro atoms. The molecule has 0 aliphatic carbocycles. The van der Waals surface area contributed by atoms with Crippen LogP contribution in [0.1, 0.15) is 28.3 Å². The van der Waals surface area contributed by atoms with E-state index in [2.05, 4.69) is 32.9 Å². The van der Waals surface area contributed by atoms with Crippen LogP contribution >= 0.6 is 33.9 Å². The van der Waals surface area contributed by atoms with Gasteiger partial charge >= 0.3 is 6.03 Å². The van der Waals surface area contributed by atoms with Crippen LogP contribution in [0, 0.1) is 3.57 Å². The van der Waals surface area contributed by atoms with Crippen LogP contribution in [0.3, 0.4) is 0 Å². The highest BCUT2D eigenvalue weighted by Gasteiger charge is 2.44. The second-order valence-electron chi connectivity index (χ2n) is 7.81. The molecular weight excluding hydrogens is 567 g/mol. The van der Waals surface area contributed by atoms with Gasteiger partial charge in [0, 0.05) is 14.9 Å². The monoisotopic (exact) mass is 588 g/mol. The highest BCUT2D eigenvalue weighted by atomic mass is 127. The Morgan fingerprint density at radius 3 is 2.74 bits per heavy atom. The predicted molar refractivity (Wildman–Crippen MR) is 137 cm³/mol. The molecule has 3 heterocycles. The van der Waals surface area contributed by atoms with Crippen LogP contribution in [0.15, 0.2) is 60.0 Å². The fourth-order valence-electron chi connectivity index (χ4n) is 4.02. The number of rotatable bonds is 8. The number of fused-ring (bicyclic) bond motifs is 1. The zero-order valence-electron chi connectivity index (χ0n) is 17.9. The van der Waals surface area contributed by atoms with Gasteiger partial charge in [-0.2, -0.15) is 0 Å². The molecule has 0 bridgehead atoms. The summed E-state index contributed by atoms with van der Waals surface area (Å²) in [7, 11) is 0. The second-order valence-corrected chi connectivity index (χ2v) is 10.1. The van der Waals surface area contributed by atoms with Gasteiger partial charge in [-0.25, -0.2) is 9.78 Å². The molecule has 1 aliphatic heterocycles. The number of urea groups is 1. The molecule has 4 aromatic rings. The molecule has 5 rings (SSSR count). The second kappa shape index (κ2) is 9.72. The molecule has 2 aromatic carbocycles. The lowest BCUT2D eigenvalue weighted by Gasteiger charge is -2.23. The zero-order chi connectivity index (χ0) is 23.7. The Morgan fingerprint density at radius 1 is 1.18 bits per heavy atom. The smallest absolute Gasteiger partial charge is 0.325 e. The fraction of sp³-hybridized carbons (Fsp3) is 0.208. The first-order valence-electron chi connectivity index (χ1n) is 10.7. The maximum atomic E-state index is 13.5. The van der Waals surface area contributed by atoms with Gasteiger partial charge < -0.3 is 20.1 Å². The van der Waals surface area contributed by atoms with Crippen LogP contribution in [0.4, 0.5) is 4.79 Å². The molecule has 1 fully saturated rings. The lowest BCUT2D eigenvalue weighted by molar-refractivity contribution is -0.129. The molecule has 0 saturated carbocycles. The maximum Gasteiger partial charge on any atom is 0.325 e. The number of hydrogen-bond donors (Lipinski definition) is 3. The van der Waals surface area contributed by atoms with E-state index in [-0.39, 0.29) is 19.1 Å². The number of H-pyrrole nitrogens is 1. The molecule has 2 aromatic heterocycles. The average molecular weight is 588 g/mol. The number of benzene rings is 2. The first-order valence-corrected chi connectivity index (χ1v) is 12.6. The van der Waals surface area contributed by atoms with Crippen molar-refractivity contribution in [2.75, 3.05) is 13.2 Å². The highest BCUT2D eigenvalue weighted by molar-refractivity contribution is 14.1. The summed E-state index contributed by atoms with van der Waals surface area (Å²) < 4.78 is 6.46. The van der Waals surface area contributed by atoms with Crippen LogP contribution in [0.25, 0.3) is 11.0 Å². The number of carbonyl (C=O) groups is 2. The molecule has 3 N–H and O–H groups in total. The Bertz CT molecular complexity index is 1320. The van der Waals surface area contributed by atoms with Crippen molar-refractivity contribution in [1.29, 1.82) is 0 Å². The van der Waals surface area contributed by atoms with Gasteiger partial charge in [0.15, 0.2) is 0 Å². The molecule has 1 saturated heterocycles. The van der Waals surface area contributed by atoms with E-state index in [0.717, 1.165) is 19.5 Å². The van der Waals surface area contributed by atoms with Crippen molar-refractivity contribution in [3.8, 4) is 5.75 Å². The minimum atomic E-state index is -0.796. The van der Waals surface area contributed by atoms with Gasteiger partial charge in [-0.3, -0.25) is 9.69 Å². The van der Waals surface area contributed by atoms with Gasteiger partial charge in [0.25, 0.3) is 5.91 Å². The predicted octanol–water partition coefficient (Wildman–Crippen LogP) is 4.18. The van der Waals surface area contributed by atoms with Crippen molar-refractivity contribution in [2.24, 2.45) is 0 Å². The Hall–Kier alpha value is -2.96. The number of ether oxygens (including phenoxy) is 1. The summed E-state index contributed by atoms with van der Waals surface area (Å²) in [5, 5.41) is 13.7. The molecule has 1 aliphatic rings. The van der Waals surface area contributed by atoms with Crippen molar-refractivity contribution in [2.45, 2.75) is 18.5 Å². The molecule has 8 nitrogen and oxygen atoms in total. The molecule has 0 radical (unpaired) electrons. The number of amides is 3. The summed E-state index contributed by atoms with van der Waals surface area (Å²) in [6, 6.07) is 14.9. The van der Waals surface area contributed by atoms with Gasteiger partial charge in [0.2, 0.25) is 0 Å². The molecule has 0 unspecified atom stereocenters. The van der Waals surface area contributed by atoms with Gasteiger partial charge in [-0.1, -0.05) is 18.2 Å². The van der Waals surface area contributed by atoms with Crippen LogP contribution < -0.4 is 10.1 Å². The third-order valence-corrected chi connectivity index (χ3v) is 7.18. The molecule has 3 amide bonds. The van der Waals surface area contributed by atoms with E-state index in [0.29, 0.717) is 23.6 Å². The van der Waals surface area contributed by atoms with Gasteiger partial charge in [-0.15, -0.1) is 11.3 Å². The Balaban J connectivity index is 1.46. The number of nitrogens with one attached hydrogen (secondary N) is 2. The fourth-order valence-corrected chi connectivity index (χ4v) is 5.26. The Labute approximate surface area is 213 Å². The first kappa shape index (κ1) is 22.8. The number of hydrogen-bond acceptors (Lipinski definition) is 6. The number of halogens is 1. The summed E-state index contributed by atoms with van der Waals surface area (Å²) in [6.07, 6.45) is 0.467. The Morgan fingerprint density at radius 2 is 2.00 bits per heavy atom. The minimum absolute atomic E-state index is 0.0829. The average Bonchev–Trinajstić information content (AvgIpc) is 3.56.